The van der Waals surface area contributed by atoms with Crippen molar-refractivity contribution in [3.8, 4) is 17.2 Å². The maximum absolute atomic E-state index is 12.6. The first-order chi connectivity index (χ1) is 11.1. The number of carbonyl (C=O) groups is 1. The number of halogens is 3. The smallest absolute Gasteiger partial charge is 0.436 e. The van der Waals surface area contributed by atoms with E-state index in [9.17, 15) is 18.0 Å². The van der Waals surface area contributed by atoms with Gasteiger partial charge in [-0.05, 0) is 13.5 Å². The van der Waals surface area contributed by atoms with Gasteiger partial charge in [-0.2, -0.15) is 23.1 Å². The van der Waals surface area contributed by atoms with E-state index in [1.165, 1.54) is 19.2 Å². The van der Waals surface area contributed by atoms with Crippen molar-refractivity contribution in [2.75, 3.05) is 7.11 Å². The molecular formula is C14H12F3N3O4. The monoisotopic (exact) mass is 343 g/mol. The summed E-state index contributed by atoms with van der Waals surface area (Å²) in [5.74, 6) is -1.63. The Morgan fingerprint density at radius 1 is 1.33 bits per heavy atom. The molecule has 0 aliphatic carbocycles. The van der Waals surface area contributed by atoms with Crippen LogP contribution in [-0.4, -0.2) is 33.2 Å². The number of ether oxygens (including phenoxy) is 2. The highest BCUT2D eigenvalue weighted by Gasteiger charge is 2.34. The van der Waals surface area contributed by atoms with Gasteiger partial charge in [-0.15, -0.1) is 5.10 Å². The standard InChI is InChI=1S/C14H12F3N3O4/c1-7-10(23-3)4-9(5-11(7)24-8(2)13(21)22)20-18-6-12(19-20)14(15,16)17/h4-6H,2H2,1,3H3,(H,21,22). The van der Waals surface area contributed by atoms with Gasteiger partial charge in [0.25, 0.3) is 0 Å². The summed E-state index contributed by atoms with van der Waals surface area (Å²) in [5.41, 5.74) is -0.632. The summed E-state index contributed by atoms with van der Waals surface area (Å²) in [6, 6.07) is 2.68. The average molecular weight is 343 g/mol. The fourth-order valence-corrected chi connectivity index (χ4v) is 1.78. The summed E-state index contributed by atoms with van der Waals surface area (Å²) in [7, 11) is 1.35. The summed E-state index contributed by atoms with van der Waals surface area (Å²) in [4.78, 5) is 11.6. The summed E-state index contributed by atoms with van der Waals surface area (Å²) >= 11 is 0. The van der Waals surface area contributed by atoms with Gasteiger partial charge in [0, 0.05) is 17.7 Å². The van der Waals surface area contributed by atoms with Crippen LogP contribution in [-0.2, 0) is 11.0 Å². The van der Waals surface area contributed by atoms with Gasteiger partial charge < -0.3 is 14.6 Å². The lowest BCUT2D eigenvalue weighted by Gasteiger charge is -2.13. The first kappa shape index (κ1) is 17.3. The van der Waals surface area contributed by atoms with Crippen LogP contribution < -0.4 is 9.47 Å². The number of carboxylic acids is 1. The zero-order valence-corrected chi connectivity index (χ0v) is 12.6. The number of benzene rings is 1. The number of alkyl halides is 3. The van der Waals surface area contributed by atoms with Crippen LogP contribution >= 0.6 is 0 Å². The molecule has 128 valence electrons. The van der Waals surface area contributed by atoms with Crippen LogP contribution in [0, 0.1) is 6.92 Å². The minimum atomic E-state index is -4.63. The molecular weight excluding hydrogens is 331 g/mol. The Morgan fingerprint density at radius 3 is 2.46 bits per heavy atom. The first-order valence-electron chi connectivity index (χ1n) is 6.42. The molecule has 1 aromatic heterocycles. The van der Waals surface area contributed by atoms with Crippen molar-refractivity contribution in [2.45, 2.75) is 13.1 Å². The molecule has 1 heterocycles. The zero-order chi connectivity index (χ0) is 18.1. The van der Waals surface area contributed by atoms with E-state index < -0.39 is 23.6 Å². The molecule has 1 N–H and O–H groups in total. The molecule has 10 heteroatoms. The van der Waals surface area contributed by atoms with Gasteiger partial charge in [-0.25, -0.2) is 4.79 Å². The van der Waals surface area contributed by atoms with Crippen molar-refractivity contribution >= 4 is 5.97 Å². The van der Waals surface area contributed by atoms with Crippen LogP contribution in [0.25, 0.3) is 5.69 Å². The molecule has 24 heavy (non-hydrogen) atoms. The molecule has 0 fully saturated rings. The Balaban J connectivity index is 2.49. The Hall–Kier alpha value is -3.04. The lowest BCUT2D eigenvalue weighted by molar-refractivity contribution is -0.141. The van der Waals surface area contributed by atoms with E-state index >= 15 is 0 Å². The molecule has 0 saturated heterocycles. The van der Waals surface area contributed by atoms with Gasteiger partial charge in [0.2, 0.25) is 5.76 Å². The van der Waals surface area contributed by atoms with Crippen LogP contribution in [0.3, 0.4) is 0 Å². The second-order valence-electron chi connectivity index (χ2n) is 4.62. The molecule has 0 saturated carbocycles. The van der Waals surface area contributed by atoms with Gasteiger partial charge in [-0.1, -0.05) is 0 Å². The second-order valence-corrected chi connectivity index (χ2v) is 4.62. The highest BCUT2D eigenvalue weighted by atomic mass is 19.4. The number of nitrogens with zero attached hydrogens (tertiary/aromatic N) is 3. The van der Waals surface area contributed by atoms with Gasteiger partial charge >= 0.3 is 12.1 Å². The molecule has 1 aromatic carbocycles. The average Bonchev–Trinajstić information content (AvgIpc) is 2.99. The maximum Gasteiger partial charge on any atom is 0.436 e. The van der Waals surface area contributed by atoms with Crippen LogP contribution in [0.1, 0.15) is 11.3 Å². The van der Waals surface area contributed by atoms with Gasteiger partial charge in [-0.3, -0.25) is 0 Å². The predicted octanol–water partition coefficient (Wildman–Crippen LogP) is 2.58. The van der Waals surface area contributed by atoms with Crippen molar-refractivity contribution < 1.29 is 32.5 Å². The number of methoxy groups -OCH3 is 1. The van der Waals surface area contributed by atoms with Crippen LogP contribution in [0.5, 0.6) is 11.5 Å². The summed E-state index contributed by atoms with van der Waals surface area (Å²) in [6.07, 6.45) is -4.06. The molecule has 0 aliphatic rings. The van der Waals surface area contributed by atoms with Crippen LogP contribution in [0.2, 0.25) is 0 Å². The molecule has 0 amide bonds. The Kier molecular flexibility index (Phi) is 4.49. The summed E-state index contributed by atoms with van der Waals surface area (Å²) < 4.78 is 48.1. The molecule has 2 aromatic rings. The zero-order valence-electron chi connectivity index (χ0n) is 12.6. The van der Waals surface area contributed by atoms with E-state index in [1.807, 2.05) is 0 Å². The molecule has 0 unspecified atom stereocenters. The molecule has 2 rings (SSSR count). The number of aromatic nitrogens is 3. The van der Waals surface area contributed by atoms with Gasteiger partial charge in [0.05, 0.1) is 19.0 Å². The fraction of sp³-hybridized carbons (Fsp3) is 0.214. The molecule has 0 aliphatic heterocycles. The largest absolute Gasteiger partial charge is 0.496 e. The molecule has 0 radical (unpaired) electrons. The molecule has 7 nitrogen and oxygen atoms in total. The minimum absolute atomic E-state index is 0.0441. The topological polar surface area (TPSA) is 86.5 Å². The Morgan fingerprint density at radius 2 is 1.96 bits per heavy atom. The van der Waals surface area contributed by atoms with Crippen LogP contribution in [0.4, 0.5) is 13.2 Å². The SMILES string of the molecule is C=C(Oc1cc(-n2ncc(C(F)(F)F)n2)cc(OC)c1C)C(=O)O. The van der Waals surface area contributed by atoms with Gasteiger partial charge in [0.15, 0.2) is 5.69 Å². The molecule has 0 spiro atoms. The van der Waals surface area contributed by atoms with E-state index in [0.29, 0.717) is 11.8 Å². The number of hydrogen-bond acceptors (Lipinski definition) is 5. The Labute approximate surface area is 133 Å². The number of hydrogen-bond donors (Lipinski definition) is 1. The second kappa shape index (κ2) is 6.22. The van der Waals surface area contributed by atoms with E-state index in [1.54, 1.807) is 6.92 Å². The number of aliphatic carboxylic acids is 1. The van der Waals surface area contributed by atoms with Crippen molar-refractivity contribution in [3.05, 3.63) is 41.9 Å². The van der Waals surface area contributed by atoms with Crippen molar-refractivity contribution in [3.63, 3.8) is 0 Å². The third-order valence-corrected chi connectivity index (χ3v) is 3.00. The minimum Gasteiger partial charge on any atom is -0.496 e. The third-order valence-electron chi connectivity index (χ3n) is 3.00. The lowest BCUT2D eigenvalue weighted by Crippen LogP contribution is -2.09. The van der Waals surface area contributed by atoms with Crippen molar-refractivity contribution in [2.24, 2.45) is 0 Å². The van der Waals surface area contributed by atoms with E-state index in [2.05, 4.69) is 16.8 Å². The maximum atomic E-state index is 12.6. The van der Waals surface area contributed by atoms with Crippen molar-refractivity contribution in [1.82, 2.24) is 15.0 Å². The van der Waals surface area contributed by atoms with Crippen LogP contribution in [0.15, 0.2) is 30.7 Å². The normalized spacial score (nSPS) is 11.2. The quantitative estimate of drug-likeness (QED) is 0.663. The summed E-state index contributed by atoms with van der Waals surface area (Å²) in [6.45, 7) is 4.82. The van der Waals surface area contributed by atoms with E-state index in [4.69, 9.17) is 14.6 Å². The number of rotatable bonds is 5. The highest BCUT2D eigenvalue weighted by Crippen LogP contribution is 2.33. The van der Waals surface area contributed by atoms with E-state index in [-0.39, 0.29) is 17.2 Å². The predicted molar refractivity (Wildman–Crippen MR) is 75.1 cm³/mol. The number of carboxylic acid groups (broad SMARTS) is 1. The Bertz CT molecular complexity index is 799. The van der Waals surface area contributed by atoms with Crippen molar-refractivity contribution in [1.29, 1.82) is 0 Å². The lowest BCUT2D eigenvalue weighted by atomic mass is 10.2. The molecule has 0 bridgehead atoms. The fourth-order valence-electron chi connectivity index (χ4n) is 1.78. The third kappa shape index (κ3) is 3.47. The molecule has 0 atom stereocenters. The first-order valence-corrected chi connectivity index (χ1v) is 6.42. The summed E-state index contributed by atoms with van der Waals surface area (Å²) in [5, 5.41) is 15.7. The van der Waals surface area contributed by atoms with Gasteiger partial charge in [0.1, 0.15) is 11.5 Å². The van der Waals surface area contributed by atoms with E-state index in [0.717, 1.165) is 4.80 Å². The highest BCUT2D eigenvalue weighted by molar-refractivity contribution is 5.84.